The first kappa shape index (κ1) is 15.6. The van der Waals surface area contributed by atoms with Crippen molar-refractivity contribution in [2.75, 3.05) is 0 Å². The minimum absolute atomic E-state index is 0.00659. The Morgan fingerprint density at radius 2 is 1.89 bits per heavy atom. The van der Waals surface area contributed by atoms with Crippen LogP contribution in [0.1, 0.15) is 31.4 Å². The average molecular weight is 282 g/mol. The zero-order valence-corrected chi connectivity index (χ0v) is 12.1. The van der Waals surface area contributed by atoms with Crippen LogP contribution in [0.25, 0.3) is 0 Å². The molecule has 0 saturated carbocycles. The first-order valence-corrected chi connectivity index (χ1v) is 7.39. The molecule has 5 heteroatoms. The van der Waals surface area contributed by atoms with E-state index in [0.29, 0.717) is 0 Å². The number of carboxylic acids is 2. The van der Waals surface area contributed by atoms with Gasteiger partial charge in [0.15, 0.2) is 0 Å². The topological polar surface area (TPSA) is 74.6 Å². The number of aryl methyl sites for hydroxylation is 1. The second kappa shape index (κ2) is 7.25. The molecule has 0 bridgehead atoms. The fraction of sp³-hybridized carbons (Fsp3) is 0.429. The molecule has 0 spiro atoms. The molecule has 2 unspecified atom stereocenters. The van der Waals surface area contributed by atoms with Crippen LogP contribution >= 0.6 is 8.58 Å². The summed E-state index contributed by atoms with van der Waals surface area (Å²) in [7, 11) is -0.00659. The largest absolute Gasteiger partial charge is 0.481 e. The van der Waals surface area contributed by atoms with Crippen LogP contribution in [0.3, 0.4) is 0 Å². The van der Waals surface area contributed by atoms with Crippen LogP contribution in [0.2, 0.25) is 0 Å². The molecular weight excluding hydrogens is 263 g/mol. The normalized spacial score (nSPS) is 12.7. The Labute approximate surface area is 114 Å². The quantitative estimate of drug-likeness (QED) is 0.750. The van der Waals surface area contributed by atoms with Gasteiger partial charge in [-0.3, -0.25) is 9.59 Å². The molecule has 0 aliphatic heterocycles. The maximum Gasteiger partial charge on any atom is 0.311 e. The summed E-state index contributed by atoms with van der Waals surface area (Å²) in [5, 5.41) is 18.9. The molecule has 2 atom stereocenters. The Hall–Kier alpha value is -1.41. The molecule has 2 N–H and O–H groups in total. The summed E-state index contributed by atoms with van der Waals surface area (Å²) in [6.45, 7) is 4.10. The molecular formula is C14H19O4P. The summed E-state index contributed by atoms with van der Waals surface area (Å²) < 4.78 is 0. The predicted octanol–water partition coefficient (Wildman–Crippen LogP) is 2.04. The third-order valence-corrected chi connectivity index (χ3v) is 4.59. The second-order valence-corrected chi connectivity index (χ2v) is 5.81. The Bertz CT molecular complexity index is 471. The Morgan fingerprint density at radius 1 is 1.21 bits per heavy atom. The molecule has 0 aliphatic rings. The first-order valence-electron chi connectivity index (χ1n) is 6.31. The monoisotopic (exact) mass is 282 g/mol. The van der Waals surface area contributed by atoms with Crippen molar-refractivity contribution < 1.29 is 19.8 Å². The Morgan fingerprint density at radius 3 is 2.37 bits per heavy atom. The molecule has 4 nitrogen and oxygen atoms in total. The van der Waals surface area contributed by atoms with Crippen LogP contribution in [0.5, 0.6) is 0 Å². The van der Waals surface area contributed by atoms with Crippen molar-refractivity contribution >= 4 is 25.8 Å². The third-order valence-electron chi connectivity index (χ3n) is 3.01. The lowest BCUT2D eigenvalue weighted by atomic mass is 10.0. The van der Waals surface area contributed by atoms with E-state index in [2.05, 4.69) is 6.92 Å². The van der Waals surface area contributed by atoms with Crippen molar-refractivity contribution in [1.82, 2.24) is 0 Å². The van der Waals surface area contributed by atoms with E-state index in [1.54, 1.807) is 0 Å². The maximum absolute atomic E-state index is 11.1. The molecule has 0 aliphatic carbocycles. The van der Waals surface area contributed by atoms with Gasteiger partial charge in [0, 0.05) is 0 Å². The second-order valence-electron chi connectivity index (χ2n) is 4.28. The van der Waals surface area contributed by atoms with Crippen LogP contribution < -0.4 is 5.30 Å². The number of aliphatic carboxylic acids is 2. The van der Waals surface area contributed by atoms with Gasteiger partial charge in [0.05, 0.1) is 12.1 Å². The zero-order chi connectivity index (χ0) is 14.4. The lowest BCUT2D eigenvalue weighted by molar-refractivity contribution is -0.143. The molecule has 104 valence electrons. The lowest BCUT2D eigenvalue weighted by Crippen LogP contribution is -2.23. The van der Waals surface area contributed by atoms with Crippen molar-refractivity contribution in [1.29, 1.82) is 0 Å². The van der Waals surface area contributed by atoms with Crippen molar-refractivity contribution in [3.63, 3.8) is 0 Å². The van der Waals surface area contributed by atoms with Gasteiger partial charge in [-0.15, -0.1) is 0 Å². The van der Waals surface area contributed by atoms with Crippen LogP contribution in [0.4, 0.5) is 0 Å². The highest BCUT2D eigenvalue weighted by atomic mass is 31.1. The SMILES string of the molecule is CCc1cccc(PC(CC(=O)O)C(=O)O)c1CC. The summed E-state index contributed by atoms with van der Waals surface area (Å²) >= 11 is 0. The highest BCUT2D eigenvalue weighted by Crippen LogP contribution is 2.25. The van der Waals surface area contributed by atoms with Crippen molar-refractivity contribution in [2.45, 2.75) is 38.8 Å². The van der Waals surface area contributed by atoms with Crippen LogP contribution in [0.15, 0.2) is 18.2 Å². The smallest absolute Gasteiger partial charge is 0.311 e. The molecule has 0 saturated heterocycles. The molecule has 0 radical (unpaired) electrons. The van der Waals surface area contributed by atoms with E-state index >= 15 is 0 Å². The summed E-state index contributed by atoms with van der Waals surface area (Å²) in [6.07, 6.45) is 1.41. The molecule has 1 aromatic rings. The predicted molar refractivity (Wildman–Crippen MR) is 76.8 cm³/mol. The van der Waals surface area contributed by atoms with Crippen LogP contribution in [-0.2, 0) is 22.4 Å². The summed E-state index contributed by atoms with van der Waals surface area (Å²) in [5.74, 6) is -2.10. The van der Waals surface area contributed by atoms with E-state index in [-0.39, 0.29) is 15.0 Å². The molecule has 0 aromatic heterocycles. The zero-order valence-electron chi connectivity index (χ0n) is 11.1. The molecule has 0 heterocycles. The van der Waals surface area contributed by atoms with Gasteiger partial charge in [0.25, 0.3) is 0 Å². The van der Waals surface area contributed by atoms with Crippen LogP contribution in [0, 0.1) is 0 Å². The first-order chi connectivity index (χ1) is 8.99. The summed E-state index contributed by atoms with van der Waals surface area (Å²) in [5.41, 5.74) is 1.54. The van der Waals surface area contributed by atoms with Crippen molar-refractivity contribution in [3.05, 3.63) is 29.3 Å². The fourth-order valence-electron chi connectivity index (χ4n) is 2.08. The number of hydrogen-bond acceptors (Lipinski definition) is 2. The van der Waals surface area contributed by atoms with Crippen molar-refractivity contribution in [3.8, 4) is 0 Å². The fourth-order valence-corrected chi connectivity index (χ4v) is 3.56. The number of hydrogen-bond donors (Lipinski definition) is 2. The van der Waals surface area contributed by atoms with E-state index in [1.807, 2.05) is 25.1 Å². The third kappa shape index (κ3) is 4.32. The van der Waals surface area contributed by atoms with Gasteiger partial charge in [0.1, 0.15) is 0 Å². The van der Waals surface area contributed by atoms with E-state index in [4.69, 9.17) is 10.2 Å². The molecule has 1 aromatic carbocycles. The minimum atomic E-state index is -1.07. The van der Waals surface area contributed by atoms with E-state index in [1.165, 1.54) is 11.1 Å². The van der Waals surface area contributed by atoms with E-state index in [0.717, 1.165) is 18.1 Å². The lowest BCUT2D eigenvalue weighted by Gasteiger charge is -2.16. The maximum atomic E-state index is 11.1. The van der Waals surface area contributed by atoms with E-state index in [9.17, 15) is 9.59 Å². The minimum Gasteiger partial charge on any atom is -0.481 e. The van der Waals surface area contributed by atoms with Gasteiger partial charge in [-0.05, 0) is 29.3 Å². The molecule has 1 rings (SSSR count). The number of carbonyl (C=O) groups is 2. The van der Waals surface area contributed by atoms with Gasteiger partial charge in [-0.2, -0.15) is 0 Å². The Kier molecular flexibility index (Phi) is 5.97. The van der Waals surface area contributed by atoms with Gasteiger partial charge in [-0.25, -0.2) is 0 Å². The van der Waals surface area contributed by atoms with Gasteiger partial charge >= 0.3 is 11.9 Å². The summed E-state index contributed by atoms with van der Waals surface area (Å²) in [6, 6.07) is 5.87. The standard InChI is InChI=1S/C14H19O4P/c1-3-9-6-5-7-11(10(9)4-2)19-12(14(17)18)8-13(15)16/h5-7,12,19H,3-4,8H2,1-2H3,(H,15,16)(H,17,18). The van der Waals surface area contributed by atoms with Gasteiger partial charge < -0.3 is 10.2 Å². The van der Waals surface area contributed by atoms with Gasteiger partial charge in [0.2, 0.25) is 0 Å². The number of rotatable bonds is 7. The van der Waals surface area contributed by atoms with Crippen LogP contribution in [-0.4, -0.2) is 27.8 Å². The average Bonchev–Trinajstić information content (AvgIpc) is 2.36. The summed E-state index contributed by atoms with van der Waals surface area (Å²) in [4.78, 5) is 21.9. The number of carboxylic acid groups (broad SMARTS) is 2. The molecule has 0 fully saturated rings. The molecule has 0 amide bonds. The molecule has 19 heavy (non-hydrogen) atoms. The van der Waals surface area contributed by atoms with Gasteiger partial charge in [-0.1, -0.05) is 40.6 Å². The van der Waals surface area contributed by atoms with E-state index < -0.39 is 17.6 Å². The highest BCUT2D eigenvalue weighted by molar-refractivity contribution is 7.49. The van der Waals surface area contributed by atoms with Crippen molar-refractivity contribution in [2.24, 2.45) is 0 Å². The number of benzene rings is 1. The highest BCUT2D eigenvalue weighted by Gasteiger charge is 2.22. The Balaban J connectivity index is 3.02.